The summed E-state index contributed by atoms with van der Waals surface area (Å²) in [6.07, 6.45) is 0.406. The Morgan fingerprint density at radius 1 is 1.44 bits per heavy atom. The molecule has 0 bridgehead atoms. The van der Waals surface area contributed by atoms with Crippen LogP contribution in [0.15, 0.2) is 40.2 Å². The number of amides is 1. The van der Waals surface area contributed by atoms with Gasteiger partial charge in [0.1, 0.15) is 0 Å². The van der Waals surface area contributed by atoms with E-state index in [2.05, 4.69) is 15.9 Å². The number of hydrogen-bond acceptors (Lipinski definition) is 3. The Labute approximate surface area is 118 Å². The maximum Gasteiger partial charge on any atom is 0.232 e. The van der Waals surface area contributed by atoms with Crippen LogP contribution in [0, 0.1) is 0 Å². The topological polar surface area (TPSA) is 46.3 Å². The number of thiophene rings is 1. The first-order chi connectivity index (χ1) is 8.58. The minimum absolute atomic E-state index is 0.0338. The molecule has 0 fully saturated rings. The third kappa shape index (κ3) is 2.91. The van der Waals surface area contributed by atoms with Gasteiger partial charge in [0.15, 0.2) is 0 Å². The van der Waals surface area contributed by atoms with Crippen LogP contribution in [0.5, 0.6) is 0 Å². The van der Waals surface area contributed by atoms with E-state index in [4.69, 9.17) is 5.73 Å². The summed E-state index contributed by atoms with van der Waals surface area (Å²) in [4.78, 5) is 14.8. The SMILES string of the molecule is CN(C(=O)Cc1cccs1)c1ccc(Br)cc1N. The van der Waals surface area contributed by atoms with E-state index in [9.17, 15) is 4.79 Å². The maximum atomic E-state index is 12.1. The zero-order valence-electron chi connectivity index (χ0n) is 9.89. The number of benzene rings is 1. The summed E-state index contributed by atoms with van der Waals surface area (Å²) >= 11 is 4.93. The first-order valence-electron chi connectivity index (χ1n) is 5.42. The third-order valence-electron chi connectivity index (χ3n) is 2.63. The molecule has 18 heavy (non-hydrogen) atoms. The van der Waals surface area contributed by atoms with Gasteiger partial charge in [-0.05, 0) is 29.6 Å². The molecular weight excluding hydrogens is 312 g/mol. The highest BCUT2D eigenvalue weighted by atomic mass is 79.9. The normalized spacial score (nSPS) is 10.3. The summed E-state index contributed by atoms with van der Waals surface area (Å²) in [6.45, 7) is 0. The predicted molar refractivity (Wildman–Crippen MR) is 80.0 cm³/mol. The fourth-order valence-electron chi connectivity index (χ4n) is 1.65. The molecule has 0 saturated carbocycles. The molecule has 1 heterocycles. The van der Waals surface area contributed by atoms with Crippen LogP contribution in [0.3, 0.4) is 0 Å². The summed E-state index contributed by atoms with van der Waals surface area (Å²) in [7, 11) is 1.75. The molecule has 2 N–H and O–H groups in total. The Morgan fingerprint density at radius 3 is 2.83 bits per heavy atom. The average molecular weight is 325 g/mol. The minimum atomic E-state index is 0.0338. The van der Waals surface area contributed by atoms with E-state index in [1.165, 1.54) is 0 Å². The minimum Gasteiger partial charge on any atom is -0.397 e. The van der Waals surface area contributed by atoms with E-state index in [1.807, 2.05) is 29.6 Å². The molecule has 0 spiro atoms. The van der Waals surface area contributed by atoms with Crippen molar-refractivity contribution < 1.29 is 4.79 Å². The lowest BCUT2D eigenvalue weighted by molar-refractivity contribution is -0.117. The zero-order chi connectivity index (χ0) is 13.1. The van der Waals surface area contributed by atoms with E-state index in [0.29, 0.717) is 12.1 Å². The highest BCUT2D eigenvalue weighted by Gasteiger charge is 2.14. The molecule has 0 radical (unpaired) electrons. The number of nitrogens with two attached hydrogens (primary N) is 1. The Balaban J connectivity index is 2.15. The van der Waals surface area contributed by atoms with Gasteiger partial charge in [0.05, 0.1) is 17.8 Å². The van der Waals surface area contributed by atoms with Gasteiger partial charge in [-0.3, -0.25) is 4.79 Å². The molecule has 2 aromatic rings. The molecule has 0 aliphatic heterocycles. The number of nitrogen functional groups attached to an aromatic ring is 1. The quantitative estimate of drug-likeness (QED) is 0.880. The smallest absolute Gasteiger partial charge is 0.232 e. The largest absolute Gasteiger partial charge is 0.397 e. The number of halogens is 1. The number of likely N-dealkylation sites (N-methyl/N-ethyl adjacent to an activating group) is 1. The molecule has 0 unspecified atom stereocenters. The Morgan fingerprint density at radius 2 is 2.22 bits per heavy atom. The lowest BCUT2D eigenvalue weighted by Gasteiger charge is -2.19. The van der Waals surface area contributed by atoms with Crippen LogP contribution < -0.4 is 10.6 Å². The molecule has 0 atom stereocenters. The van der Waals surface area contributed by atoms with Gasteiger partial charge >= 0.3 is 0 Å². The van der Waals surface area contributed by atoms with Crippen molar-refractivity contribution in [3.63, 3.8) is 0 Å². The van der Waals surface area contributed by atoms with Crippen molar-refractivity contribution >= 4 is 44.5 Å². The molecule has 0 saturated heterocycles. The first kappa shape index (κ1) is 13.1. The second-order valence-electron chi connectivity index (χ2n) is 3.91. The average Bonchev–Trinajstić information content (AvgIpc) is 2.81. The van der Waals surface area contributed by atoms with Crippen molar-refractivity contribution in [2.45, 2.75) is 6.42 Å². The molecule has 0 aliphatic carbocycles. The van der Waals surface area contributed by atoms with Gasteiger partial charge in [-0.15, -0.1) is 11.3 Å². The van der Waals surface area contributed by atoms with Crippen molar-refractivity contribution in [2.24, 2.45) is 0 Å². The van der Waals surface area contributed by atoms with Crippen LogP contribution >= 0.6 is 27.3 Å². The van der Waals surface area contributed by atoms with Gasteiger partial charge in [0.2, 0.25) is 5.91 Å². The maximum absolute atomic E-state index is 12.1. The fourth-order valence-corrected chi connectivity index (χ4v) is 2.72. The van der Waals surface area contributed by atoms with Crippen molar-refractivity contribution in [3.8, 4) is 0 Å². The molecular formula is C13H13BrN2OS. The van der Waals surface area contributed by atoms with Crippen molar-refractivity contribution in [2.75, 3.05) is 17.7 Å². The number of nitrogens with zero attached hydrogens (tertiary/aromatic N) is 1. The summed E-state index contributed by atoms with van der Waals surface area (Å²) in [5.74, 6) is 0.0338. The number of hydrogen-bond donors (Lipinski definition) is 1. The van der Waals surface area contributed by atoms with Crippen LogP contribution in [0.4, 0.5) is 11.4 Å². The second kappa shape index (κ2) is 5.54. The number of carbonyl (C=O) groups is 1. The Hall–Kier alpha value is -1.33. The van der Waals surface area contributed by atoms with E-state index in [1.54, 1.807) is 29.4 Å². The number of carbonyl (C=O) groups excluding carboxylic acids is 1. The Kier molecular flexibility index (Phi) is 4.04. The highest BCUT2D eigenvalue weighted by Crippen LogP contribution is 2.26. The molecule has 1 aromatic heterocycles. The van der Waals surface area contributed by atoms with Gasteiger partial charge in [-0.2, -0.15) is 0 Å². The van der Waals surface area contributed by atoms with E-state index < -0.39 is 0 Å². The number of anilines is 2. The second-order valence-corrected chi connectivity index (χ2v) is 5.86. The Bertz CT molecular complexity index is 554. The van der Waals surface area contributed by atoms with Crippen molar-refractivity contribution in [1.82, 2.24) is 0 Å². The molecule has 5 heteroatoms. The summed E-state index contributed by atoms with van der Waals surface area (Å²) < 4.78 is 0.905. The van der Waals surface area contributed by atoms with Gasteiger partial charge in [0.25, 0.3) is 0 Å². The van der Waals surface area contributed by atoms with Gasteiger partial charge in [-0.1, -0.05) is 22.0 Å². The van der Waals surface area contributed by atoms with Crippen LogP contribution in [-0.4, -0.2) is 13.0 Å². The molecule has 0 aliphatic rings. The fraction of sp³-hybridized carbons (Fsp3) is 0.154. The van der Waals surface area contributed by atoms with Crippen LogP contribution in [-0.2, 0) is 11.2 Å². The predicted octanol–water partition coefficient (Wildman–Crippen LogP) is 3.30. The van der Waals surface area contributed by atoms with Crippen LogP contribution in [0.25, 0.3) is 0 Å². The standard InChI is InChI=1S/C13H13BrN2OS/c1-16(12-5-4-9(14)7-11(12)15)13(17)8-10-3-2-6-18-10/h2-7H,8,15H2,1H3. The van der Waals surface area contributed by atoms with E-state index in [0.717, 1.165) is 15.0 Å². The van der Waals surface area contributed by atoms with Gasteiger partial charge in [-0.25, -0.2) is 0 Å². The summed E-state index contributed by atoms with van der Waals surface area (Å²) in [5.41, 5.74) is 7.24. The van der Waals surface area contributed by atoms with Crippen molar-refractivity contribution in [3.05, 3.63) is 45.1 Å². The summed E-state index contributed by atoms with van der Waals surface area (Å²) in [5, 5.41) is 1.97. The lowest BCUT2D eigenvalue weighted by Crippen LogP contribution is -2.28. The lowest BCUT2D eigenvalue weighted by atomic mass is 10.2. The van der Waals surface area contributed by atoms with E-state index in [-0.39, 0.29) is 5.91 Å². The highest BCUT2D eigenvalue weighted by molar-refractivity contribution is 9.10. The molecule has 1 amide bonds. The van der Waals surface area contributed by atoms with Gasteiger partial charge in [0, 0.05) is 16.4 Å². The first-order valence-corrected chi connectivity index (χ1v) is 7.09. The third-order valence-corrected chi connectivity index (χ3v) is 4.00. The monoisotopic (exact) mass is 324 g/mol. The van der Waals surface area contributed by atoms with Crippen molar-refractivity contribution in [1.29, 1.82) is 0 Å². The molecule has 3 nitrogen and oxygen atoms in total. The van der Waals surface area contributed by atoms with Crippen LogP contribution in [0.1, 0.15) is 4.88 Å². The zero-order valence-corrected chi connectivity index (χ0v) is 12.3. The van der Waals surface area contributed by atoms with Crippen LogP contribution in [0.2, 0.25) is 0 Å². The molecule has 1 aromatic carbocycles. The van der Waals surface area contributed by atoms with E-state index >= 15 is 0 Å². The van der Waals surface area contributed by atoms with Gasteiger partial charge < -0.3 is 10.6 Å². The summed E-state index contributed by atoms with van der Waals surface area (Å²) in [6, 6.07) is 9.42. The molecule has 2 rings (SSSR count). The molecule has 94 valence electrons. The number of rotatable bonds is 3.